The van der Waals surface area contributed by atoms with E-state index in [-0.39, 0.29) is 12.5 Å². The van der Waals surface area contributed by atoms with Crippen LogP contribution >= 0.6 is 11.8 Å². The highest BCUT2D eigenvalue weighted by Gasteiger charge is 2.34. The molecule has 2 rings (SSSR count). The first-order valence-electron chi connectivity index (χ1n) is 11.1. The minimum Gasteiger partial charge on any atom is -0.497 e. The van der Waals surface area contributed by atoms with Crippen molar-refractivity contribution in [1.82, 2.24) is 10.2 Å². The van der Waals surface area contributed by atoms with Gasteiger partial charge in [-0.3, -0.25) is 14.9 Å². The molecule has 1 fully saturated rings. The van der Waals surface area contributed by atoms with Gasteiger partial charge in [-0.1, -0.05) is 0 Å². The van der Waals surface area contributed by atoms with Gasteiger partial charge in [0, 0.05) is 12.3 Å². The highest BCUT2D eigenvalue weighted by atomic mass is 32.2. The highest BCUT2D eigenvalue weighted by Crippen LogP contribution is 2.26. The van der Waals surface area contributed by atoms with Crippen molar-refractivity contribution >= 4 is 29.8 Å². The van der Waals surface area contributed by atoms with Crippen LogP contribution in [0.4, 0.5) is 4.79 Å². The summed E-state index contributed by atoms with van der Waals surface area (Å²) in [4.78, 5) is 38.9. The van der Waals surface area contributed by atoms with Crippen molar-refractivity contribution in [1.29, 1.82) is 0 Å². The Labute approximate surface area is 204 Å². The molecular formula is C23H34N2O8S. The summed E-state index contributed by atoms with van der Waals surface area (Å²) in [7, 11) is 4.38. The van der Waals surface area contributed by atoms with Gasteiger partial charge >= 0.3 is 12.1 Å². The number of rotatable bonds is 11. The van der Waals surface area contributed by atoms with Gasteiger partial charge in [0.2, 0.25) is 5.91 Å². The molecule has 3 atom stereocenters. The molecule has 2 unspecified atom stereocenters. The van der Waals surface area contributed by atoms with E-state index in [1.807, 2.05) is 12.1 Å². The van der Waals surface area contributed by atoms with Crippen LogP contribution in [0.15, 0.2) is 18.2 Å². The van der Waals surface area contributed by atoms with Gasteiger partial charge in [0.15, 0.2) is 6.23 Å². The lowest BCUT2D eigenvalue weighted by Crippen LogP contribution is -2.56. The van der Waals surface area contributed by atoms with E-state index in [1.165, 1.54) is 12.0 Å². The molecule has 0 spiro atoms. The molecule has 0 saturated carbocycles. The molecular weight excluding hydrogens is 464 g/mol. The van der Waals surface area contributed by atoms with E-state index in [9.17, 15) is 14.4 Å². The largest absolute Gasteiger partial charge is 0.509 e. The Balaban J connectivity index is 2.11. The van der Waals surface area contributed by atoms with Crippen LogP contribution in [0, 0.1) is 0 Å². The van der Waals surface area contributed by atoms with Crippen molar-refractivity contribution in [2.24, 2.45) is 0 Å². The Morgan fingerprint density at radius 3 is 2.62 bits per heavy atom. The SMILES string of the molecule is CCOC(=O)C(CCc1cc(OC)ccc1OC)N[C@@H](C)C(=O)N1CCSCC1OC(=O)OC. The summed E-state index contributed by atoms with van der Waals surface area (Å²) in [5.41, 5.74) is 0.872. The number of aryl methyl sites for hydroxylation is 1. The molecule has 11 heteroatoms. The number of nitrogens with one attached hydrogen (secondary N) is 1. The quantitative estimate of drug-likeness (QED) is 0.456. The molecule has 0 aliphatic carbocycles. The number of hydrogen-bond acceptors (Lipinski definition) is 10. The smallest absolute Gasteiger partial charge is 0.497 e. The second-order valence-electron chi connectivity index (χ2n) is 7.54. The molecule has 1 aliphatic heterocycles. The maximum Gasteiger partial charge on any atom is 0.509 e. The molecule has 190 valence electrons. The van der Waals surface area contributed by atoms with E-state index in [0.29, 0.717) is 36.6 Å². The summed E-state index contributed by atoms with van der Waals surface area (Å²) >= 11 is 1.58. The Morgan fingerprint density at radius 2 is 1.97 bits per heavy atom. The molecule has 0 aromatic heterocycles. The van der Waals surface area contributed by atoms with Crippen molar-refractivity contribution < 1.29 is 38.1 Å². The maximum atomic E-state index is 13.2. The monoisotopic (exact) mass is 498 g/mol. The fraction of sp³-hybridized carbons (Fsp3) is 0.609. The molecule has 1 aromatic rings. The van der Waals surface area contributed by atoms with Gasteiger partial charge in [-0.15, -0.1) is 0 Å². The number of hydrogen-bond donors (Lipinski definition) is 1. The average molecular weight is 499 g/mol. The number of nitrogens with zero attached hydrogens (tertiary/aromatic N) is 1. The van der Waals surface area contributed by atoms with Crippen LogP contribution < -0.4 is 14.8 Å². The lowest BCUT2D eigenvalue weighted by atomic mass is 10.0. The molecule has 1 aromatic carbocycles. The molecule has 1 aliphatic rings. The summed E-state index contributed by atoms with van der Waals surface area (Å²) in [6, 6.07) is 4.02. The van der Waals surface area contributed by atoms with E-state index >= 15 is 0 Å². The lowest BCUT2D eigenvalue weighted by Gasteiger charge is -2.36. The summed E-state index contributed by atoms with van der Waals surface area (Å²) in [6.45, 7) is 4.05. The van der Waals surface area contributed by atoms with Gasteiger partial charge in [0.1, 0.15) is 17.5 Å². The van der Waals surface area contributed by atoms with Crippen LogP contribution in [0.5, 0.6) is 11.5 Å². The summed E-state index contributed by atoms with van der Waals surface area (Å²) in [5.74, 6) is 1.81. The predicted molar refractivity (Wildman–Crippen MR) is 127 cm³/mol. The Bertz CT molecular complexity index is 837. The third-order valence-corrected chi connectivity index (χ3v) is 6.34. The van der Waals surface area contributed by atoms with Gasteiger partial charge < -0.3 is 28.6 Å². The fourth-order valence-electron chi connectivity index (χ4n) is 3.60. The van der Waals surface area contributed by atoms with Crippen molar-refractivity contribution in [3.05, 3.63) is 23.8 Å². The predicted octanol–water partition coefficient (Wildman–Crippen LogP) is 2.23. The number of esters is 1. The summed E-state index contributed by atoms with van der Waals surface area (Å²) in [6.07, 6.45) is -0.711. The minimum absolute atomic E-state index is 0.222. The number of ether oxygens (including phenoxy) is 5. The number of thioether (sulfide) groups is 1. The average Bonchev–Trinajstić information content (AvgIpc) is 2.85. The van der Waals surface area contributed by atoms with Gasteiger partial charge in [0.25, 0.3) is 0 Å². The molecule has 1 heterocycles. The molecule has 0 radical (unpaired) electrons. The molecule has 1 amide bonds. The molecule has 1 N–H and O–H groups in total. The van der Waals surface area contributed by atoms with E-state index in [2.05, 4.69) is 10.1 Å². The van der Waals surface area contributed by atoms with Crippen LogP contribution in [0.3, 0.4) is 0 Å². The zero-order valence-electron chi connectivity index (χ0n) is 20.3. The van der Waals surface area contributed by atoms with Gasteiger partial charge in [-0.25, -0.2) is 4.79 Å². The zero-order valence-corrected chi connectivity index (χ0v) is 21.1. The van der Waals surface area contributed by atoms with Gasteiger partial charge in [-0.05, 0) is 50.5 Å². The van der Waals surface area contributed by atoms with Crippen LogP contribution in [0.1, 0.15) is 25.8 Å². The van der Waals surface area contributed by atoms with E-state index in [1.54, 1.807) is 45.9 Å². The van der Waals surface area contributed by atoms with Crippen molar-refractivity contribution in [3.63, 3.8) is 0 Å². The third kappa shape index (κ3) is 7.69. The van der Waals surface area contributed by atoms with Crippen LogP contribution in [-0.4, -0.2) is 87.2 Å². The van der Waals surface area contributed by atoms with Crippen molar-refractivity contribution in [2.75, 3.05) is 46.0 Å². The van der Waals surface area contributed by atoms with Gasteiger partial charge in [0.05, 0.1) is 39.7 Å². The maximum absolute atomic E-state index is 13.2. The van der Waals surface area contributed by atoms with E-state index < -0.39 is 30.4 Å². The number of amides is 1. The molecule has 0 bridgehead atoms. The van der Waals surface area contributed by atoms with Crippen molar-refractivity contribution in [2.45, 2.75) is 45.0 Å². The van der Waals surface area contributed by atoms with Crippen molar-refractivity contribution in [3.8, 4) is 11.5 Å². The fourth-order valence-corrected chi connectivity index (χ4v) is 4.54. The van der Waals surface area contributed by atoms with Crippen LogP contribution in [-0.2, 0) is 30.2 Å². The van der Waals surface area contributed by atoms with Crippen LogP contribution in [0.2, 0.25) is 0 Å². The normalized spacial score (nSPS) is 17.3. The molecule has 34 heavy (non-hydrogen) atoms. The first-order chi connectivity index (χ1) is 16.3. The lowest BCUT2D eigenvalue weighted by molar-refractivity contribution is -0.147. The first-order valence-corrected chi connectivity index (χ1v) is 12.3. The Morgan fingerprint density at radius 1 is 1.21 bits per heavy atom. The minimum atomic E-state index is -0.845. The number of carbonyl (C=O) groups is 3. The van der Waals surface area contributed by atoms with Gasteiger partial charge in [-0.2, -0.15) is 11.8 Å². The summed E-state index contributed by atoms with van der Waals surface area (Å²) in [5, 5.41) is 3.11. The summed E-state index contributed by atoms with van der Waals surface area (Å²) < 4.78 is 25.8. The van der Waals surface area contributed by atoms with E-state index in [4.69, 9.17) is 18.9 Å². The number of carbonyl (C=O) groups excluding carboxylic acids is 3. The Kier molecular flexibility index (Phi) is 11.3. The Hall–Kier alpha value is -2.66. The first kappa shape index (κ1) is 27.6. The number of benzene rings is 1. The zero-order chi connectivity index (χ0) is 25.1. The standard InChI is InChI=1S/C23H34N2O8S/c1-6-32-22(27)18(9-7-16-13-17(29-3)8-10-19(16)30-4)24-15(2)21(26)25-11-12-34-14-20(25)33-23(28)31-5/h8,10,13,15,18,20,24H,6-7,9,11-12,14H2,1-5H3/t15-,18?,20?/m0/s1. The molecule has 10 nitrogen and oxygen atoms in total. The highest BCUT2D eigenvalue weighted by molar-refractivity contribution is 7.99. The second-order valence-corrected chi connectivity index (χ2v) is 8.69. The topological polar surface area (TPSA) is 113 Å². The molecule has 1 saturated heterocycles. The second kappa shape index (κ2) is 13.9. The van der Waals surface area contributed by atoms with Crippen LogP contribution in [0.25, 0.3) is 0 Å². The third-order valence-electron chi connectivity index (χ3n) is 5.35. The van der Waals surface area contributed by atoms with E-state index in [0.717, 1.165) is 11.3 Å². The number of methoxy groups -OCH3 is 3.